The number of halogens is 1. The van der Waals surface area contributed by atoms with Gasteiger partial charge in [0.25, 0.3) is 0 Å². The Labute approximate surface area is 122 Å². The van der Waals surface area contributed by atoms with E-state index < -0.39 is 24.1 Å². The Hall–Kier alpha value is -0.800. The SMILES string of the molecule is O=c1[nH]c(=S)c(/C=C/Br)cn1[C@H]1C[C@H](O)[C@@H](CO)O1. The molecular formula is C11H13BrN2O4S. The molecule has 1 aliphatic heterocycles. The summed E-state index contributed by atoms with van der Waals surface area (Å²) in [6.45, 7) is -0.288. The van der Waals surface area contributed by atoms with Crippen molar-refractivity contribution in [3.63, 3.8) is 0 Å². The van der Waals surface area contributed by atoms with E-state index in [0.29, 0.717) is 10.2 Å². The third-order valence-corrected chi connectivity index (χ3v) is 3.53. The molecule has 0 amide bonds. The number of nitrogens with one attached hydrogen (secondary N) is 1. The molecule has 19 heavy (non-hydrogen) atoms. The molecule has 1 fully saturated rings. The molecule has 0 radical (unpaired) electrons. The van der Waals surface area contributed by atoms with Crippen molar-refractivity contribution >= 4 is 34.2 Å². The van der Waals surface area contributed by atoms with Crippen LogP contribution in [0.15, 0.2) is 16.0 Å². The molecule has 1 aromatic heterocycles. The van der Waals surface area contributed by atoms with Gasteiger partial charge in [0.1, 0.15) is 17.0 Å². The largest absolute Gasteiger partial charge is 0.394 e. The molecule has 0 saturated carbocycles. The zero-order valence-corrected chi connectivity index (χ0v) is 12.2. The molecule has 0 aliphatic carbocycles. The fourth-order valence-electron chi connectivity index (χ4n) is 1.95. The second kappa shape index (κ2) is 6.10. The predicted molar refractivity (Wildman–Crippen MR) is 75.5 cm³/mol. The minimum Gasteiger partial charge on any atom is -0.394 e. The Morgan fingerprint density at radius 1 is 1.68 bits per heavy atom. The first kappa shape index (κ1) is 14.6. The second-order valence-electron chi connectivity index (χ2n) is 4.16. The van der Waals surface area contributed by atoms with E-state index in [0.717, 1.165) is 0 Å². The molecule has 8 heteroatoms. The fourth-order valence-corrected chi connectivity index (χ4v) is 2.44. The van der Waals surface area contributed by atoms with Gasteiger partial charge in [0.05, 0.1) is 12.7 Å². The van der Waals surface area contributed by atoms with Gasteiger partial charge >= 0.3 is 5.69 Å². The van der Waals surface area contributed by atoms with Gasteiger partial charge < -0.3 is 14.9 Å². The van der Waals surface area contributed by atoms with Crippen LogP contribution in [-0.4, -0.2) is 38.6 Å². The topological polar surface area (TPSA) is 87.5 Å². The fraction of sp³-hybridized carbons (Fsp3) is 0.455. The Kier molecular flexibility index (Phi) is 4.69. The number of nitrogens with zero attached hydrogens (tertiary/aromatic N) is 1. The summed E-state index contributed by atoms with van der Waals surface area (Å²) in [4.78, 5) is 16.0. The van der Waals surface area contributed by atoms with Crippen LogP contribution in [0, 0.1) is 4.64 Å². The van der Waals surface area contributed by atoms with Gasteiger partial charge in [0.2, 0.25) is 0 Å². The summed E-state index contributed by atoms with van der Waals surface area (Å²) in [7, 11) is 0. The standard InChI is InChI=1S/C11H13BrN2O4S/c12-2-1-6-4-14(11(17)13-10(6)19)9-3-7(16)8(5-15)18-9/h1-2,4,7-9,15-16H,3,5H2,(H,13,17,19)/b2-1+/t7-,8+,9+/m0/s1. The quantitative estimate of drug-likeness (QED) is 0.707. The molecule has 2 heterocycles. The summed E-state index contributed by atoms with van der Waals surface area (Å²) in [5, 5.41) is 18.7. The number of aromatic nitrogens is 2. The van der Waals surface area contributed by atoms with Crippen molar-refractivity contribution in [2.24, 2.45) is 0 Å². The van der Waals surface area contributed by atoms with Crippen LogP contribution in [0.25, 0.3) is 6.08 Å². The number of aliphatic hydroxyl groups is 2. The van der Waals surface area contributed by atoms with Crippen molar-refractivity contribution in [3.05, 3.63) is 31.9 Å². The van der Waals surface area contributed by atoms with Crippen LogP contribution in [0.3, 0.4) is 0 Å². The molecule has 1 saturated heterocycles. The van der Waals surface area contributed by atoms with E-state index in [4.69, 9.17) is 22.1 Å². The Morgan fingerprint density at radius 3 is 3.00 bits per heavy atom. The van der Waals surface area contributed by atoms with E-state index >= 15 is 0 Å². The van der Waals surface area contributed by atoms with Crippen molar-refractivity contribution in [2.45, 2.75) is 24.9 Å². The molecule has 0 unspecified atom stereocenters. The number of hydrogen-bond donors (Lipinski definition) is 3. The number of aliphatic hydroxyl groups excluding tert-OH is 2. The van der Waals surface area contributed by atoms with Crippen molar-refractivity contribution < 1.29 is 14.9 Å². The number of rotatable bonds is 3. The maximum absolute atomic E-state index is 11.9. The van der Waals surface area contributed by atoms with E-state index in [1.165, 1.54) is 4.57 Å². The Morgan fingerprint density at radius 2 is 2.42 bits per heavy atom. The highest BCUT2D eigenvalue weighted by Gasteiger charge is 2.34. The van der Waals surface area contributed by atoms with Crippen molar-refractivity contribution in [1.29, 1.82) is 0 Å². The lowest BCUT2D eigenvalue weighted by molar-refractivity contribution is -0.0459. The van der Waals surface area contributed by atoms with Gasteiger partial charge in [-0.1, -0.05) is 28.1 Å². The number of hydrogen-bond acceptors (Lipinski definition) is 5. The molecule has 2 rings (SSSR count). The first-order valence-corrected chi connectivity index (χ1v) is 6.95. The minimum atomic E-state index is -0.791. The molecule has 6 nitrogen and oxygen atoms in total. The minimum absolute atomic E-state index is 0.243. The maximum atomic E-state index is 11.9. The third kappa shape index (κ3) is 3.03. The lowest BCUT2D eigenvalue weighted by Crippen LogP contribution is -2.28. The predicted octanol–water partition coefficient (Wildman–Crippen LogP) is 0.912. The lowest BCUT2D eigenvalue weighted by Gasteiger charge is -2.15. The van der Waals surface area contributed by atoms with Crippen LogP contribution in [0.5, 0.6) is 0 Å². The van der Waals surface area contributed by atoms with Crippen LogP contribution in [-0.2, 0) is 4.74 Å². The van der Waals surface area contributed by atoms with Crippen molar-refractivity contribution in [3.8, 4) is 0 Å². The molecule has 104 valence electrons. The summed E-state index contributed by atoms with van der Waals surface area (Å²) in [6.07, 6.45) is 1.43. The van der Waals surface area contributed by atoms with E-state index in [1.807, 2.05) is 0 Å². The van der Waals surface area contributed by atoms with E-state index in [2.05, 4.69) is 20.9 Å². The second-order valence-corrected chi connectivity index (χ2v) is 5.10. The van der Waals surface area contributed by atoms with Gasteiger partial charge in [0.15, 0.2) is 0 Å². The van der Waals surface area contributed by atoms with Crippen LogP contribution in [0.2, 0.25) is 0 Å². The van der Waals surface area contributed by atoms with Crippen LogP contribution in [0.4, 0.5) is 0 Å². The smallest absolute Gasteiger partial charge is 0.328 e. The van der Waals surface area contributed by atoms with Crippen LogP contribution in [0.1, 0.15) is 18.2 Å². The van der Waals surface area contributed by atoms with Gasteiger partial charge in [-0.25, -0.2) is 4.79 Å². The number of H-pyrrole nitrogens is 1. The average molecular weight is 349 g/mol. The van der Waals surface area contributed by atoms with Gasteiger partial charge in [-0.2, -0.15) is 0 Å². The maximum Gasteiger partial charge on any atom is 0.328 e. The van der Waals surface area contributed by atoms with Gasteiger partial charge in [-0.05, 0) is 11.1 Å². The van der Waals surface area contributed by atoms with Crippen LogP contribution >= 0.6 is 28.1 Å². The molecule has 1 aromatic rings. The first-order chi connectivity index (χ1) is 9.06. The van der Waals surface area contributed by atoms with Crippen molar-refractivity contribution in [2.75, 3.05) is 6.61 Å². The molecule has 0 bridgehead atoms. The Bertz CT molecular complexity index is 597. The summed E-state index contributed by atoms with van der Waals surface area (Å²) >= 11 is 8.18. The lowest BCUT2D eigenvalue weighted by atomic mass is 10.2. The average Bonchev–Trinajstić information content (AvgIpc) is 2.74. The zero-order valence-electron chi connectivity index (χ0n) is 9.82. The summed E-state index contributed by atoms with van der Waals surface area (Å²) in [5.74, 6) is 0. The summed E-state index contributed by atoms with van der Waals surface area (Å²) in [6, 6.07) is 0. The van der Waals surface area contributed by atoms with Crippen LogP contribution < -0.4 is 5.69 Å². The molecule has 1 aliphatic rings. The third-order valence-electron chi connectivity index (χ3n) is 2.93. The molecule has 0 spiro atoms. The highest BCUT2D eigenvalue weighted by molar-refractivity contribution is 9.11. The normalized spacial score (nSPS) is 27.2. The van der Waals surface area contributed by atoms with Crippen molar-refractivity contribution in [1.82, 2.24) is 9.55 Å². The molecular weight excluding hydrogens is 336 g/mol. The molecule has 0 aromatic carbocycles. The van der Waals surface area contributed by atoms with E-state index in [9.17, 15) is 9.90 Å². The Balaban J connectivity index is 2.38. The highest BCUT2D eigenvalue weighted by atomic mass is 79.9. The number of ether oxygens (including phenoxy) is 1. The van der Waals surface area contributed by atoms with E-state index in [-0.39, 0.29) is 13.0 Å². The highest BCUT2D eigenvalue weighted by Crippen LogP contribution is 2.27. The van der Waals surface area contributed by atoms with Gasteiger partial charge in [-0.3, -0.25) is 9.55 Å². The van der Waals surface area contributed by atoms with Gasteiger partial charge in [0, 0.05) is 18.2 Å². The molecule has 3 atom stereocenters. The molecule has 3 N–H and O–H groups in total. The van der Waals surface area contributed by atoms with Gasteiger partial charge in [-0.15, -0.1) is 0 Å². The summed E-state index contributed by atoms with van der Waals surface area (Å²) in [5.41, 5.74) is 0.240. The first-order valence-electron chi connectivity index (χ1n) is 5.63. The van der Waals surface area contributed by atoms with E-state index in [1.54, 1.807) is 17.3 Å². The monoisotopic (exact) mass is 348 g/mol. The summed E-state index contributed by atoms with van der Waals surface area (Å²) < 4.78 is 7.09. The zero-order chi connectivity index (χ0) is 14.0. The number of aromatic amines is 1.